The molecular weight excluding hydrogens is 306 g/mol. The molecule has 0 saturated heterocycles. The average Bonchev–Trinajstić information content (AvgIpc) is 3.08. The van der Waals surface area contributed by atoms with Gasteiger partial charge in [-0.05, 0) is 55.7 Å². The van der Waals surface area contributed by atoms with Crippen molar-refractivity contribution in [3.05, 3.63) is 57.8 Å². The van der Waals surface area contributed by atoms with Crippen LogP contribution in [0.3, 0.4) is 0 Å². The topological polar surface area (TPSA) is 49.3 Å². The summed E-state index contributed by atoms with van der Waals surface area (Å²) in [6.07, 6.45) is 2.89. The van der Waals surface area contributed by atoms with Gasteiger partial charge in [0.15, 0.2) is 0 Å². The number of amides is 1. The summed E-state index contributed by atoms with van der Waals surface area (Å²) in [4.78, 5) is 13.7. The highest BCUT2D eigenvalue weighted by atomic mass is 32.1. The van der Waals surface area contributed by atoms with Crippen molar-refractivity contribution in [1.82, 2.24) is 5.32 Å². The largest absolute Gasteiger partial charge is 0.383 e. The number of rotatable bonds is 4. The summed E-state index contributed by atoms with van der Waals surface area (Å²) in [5.41, 5.74) is 0.843. The normalized spacial score (nSPS) is 22.9. The summed E-state index contributed by atoms with van der Waals surface area (Å²) in [6, 6.07) is 12.0. The van der Waals surface area contributed by atoms with Gasteiger partial charge in [0.05, 0.1) is 12.0 Å². The number of nitrogens with one attached hydrogen (secondary N) is 1. The van der Waals surface area contributed by atoms with E-state index in [1.807, 2.05) is 36.6 Å². The molecule has 0 fully saturated rings. The predicted molar refractivity (Wildman–Crippen MR) is 93.6 cm³/mol. The predicted octanol–water partition coefficient (Wildman–Crippen LogP) is 3.37. The Morgan fingerprint density at radius 3 is 2.87 bits per heavy atom. The first-order valence-electron chi connectivity index (χ1n) is 8.06. The van der Waals surface area contributed by atoms with E-state index in [-0.39, 0.29) is 12.5 Å². The fraction of sp³-hybridized carbons (Fsp3) is 0.421. The van der Waals surface area contributed by atoms with E-state index in [0.29, 0.717) is 0 Å². The van der Waals surface area contributed by atoms with E-state index in [1.54, 1.807) is 6.92 Å². The quantitative estimate of drug-likeness (QED) is 0.903. The molecule has 122 valence electrons. The molecule has 2 N–H and O–H groups in total. The van der Waals surface area contributed by atoms with Gasteiger partial charge in [-0.2, -0.15) is 0 Å². The molecular formula is C19H23NO2S. The molecule has 0 radical (unpaired) electrons. The van der Waals surface area contributed by atoms with Crippen LogP contribution in [0, 0.1) is 0 Å². The highest BCUT2D eigenvalue weighted by molar-refractivity contribution is 7.10. The van der Waals surface area contributed by atoms with Crippen molar-refractivity contribution < 1.29 is 9.90 Å². The number of hydrogen-bond acceptors (Lipinski definition) is 3. The lowest BCUT2D eigenvalue weighted by atomic mass is 9.70. The standard InChI is InChI=1S/C19H23NO2S/c1-18(11-5-8-14-7-3-4-9-15(14)18)17(21)20-13-19(2,22)16-10-6-12-23-16/h3-4,6-7,9-10,12,22H,5,8,11,13H2,1-2H3,(H,20,21). The van der Waals surface area contributed by atoms with Crippen LogP contribution >= 0.6 is 11.3 Å². The van der Waals surface area contributed by atoms with Gasteiger partial charge in [0.2, 0.25) is 5.91 Å². The molecule has 3 rings (SSSR count). The van der Waals surface area contributed by atoms with Gasteiger partial charge in [0.1, 0.15) is 5.60 Å². The van der Waals surface area contributed by atoms with Gasteiger partial charge >= 0.3 is 0 Å². The molecule has 2 aromatic rings. The van der Waals surface area contributed by atoms with Crippen LogP contribution in [0.4, 0.5) is 0 Å². The summed E-state index contributed by atoms with van der Waals surface area (Å²) < 4.78 is 0. The minimum absolute atomic E-state index is 0.00137. The van der Waals surface area contributed by atoms with Gasteiger partial charge in [0, 0.05) is 4.88 Å². The fourth-order valence-corrected chi connectivity index (χ4v) is 4.19. The third-order valence-electron chi connectivity index (χ3n) is 4.88. The van der Waals surface area contributed by atoms with Crippen molar-refractivity contribution in [3.63, 3.8) is 0 Å². The molecule has 0 spiro atoms. The zero-order chi connectivity index (χ0) is 16.5. The van der Waals surface area contributed by atoms with Crippen molar-refractivity contribution >= 4 is 17.2 Å². The van der Waals surface area contributed by atoms with E-state index in [9.17, 15) is 9.90 Å². The molecule has 1 amide bonds. The maximum Gasteiger partial charge on any atom is 0.230 e. The maximum absolute atomic E-state index is 12.9. The molecule has 1 aromatic carbocycles. The van der Waals surface area contributed by atoms with Crippen molar-refractivity contribution in [2.75, 3.05) is 6.54 Å². The number of carbonyl (C=O) groups is 1. The second-order valence-corrected chi connectivity index (χ2v) is 7.72. The molecule has 1 aliphatic rings. The zero-order valence-electron chi connectivity index (χ0n) is 13.6. The molecule has 4 heteroatoms. The fourth-order valence-electron chi connectivity index (χ4n) is 3.40. The monoisotopic (exact) mass is 329 g/mol. The van der Waals surface area contributed by atoms with Crippen LogP contribution in [0.15, 0.2) is 41.8 Å². The number of thiophene rings is 1. The summed E-state index contributed by atoms with van der Waals surface area (Å²) in [5, 5.41) is 15.5. The van der Waals surface area contributed by atoms with E-state index in [1.165, 1.54) is 16.9 Å². The molecule has 0 saturated carbocycles. The zero-order valence-corrected chi connectivity index (χ0v) is 14.5. The highest BCUT2D eigenvalue weighted by Crippen LogP contribution is 2.37. The molecule has 0 bridgehead atoms. The SMILES string of the molecule is CC(O)(CNC(=O)C1(C)CCCc2ccccc21)c1cccs1. The Bertz CT molecular complexity index is 693. The van der Waals surface area contributed by atoms with E-state index in [4.69, 9.17) is 0 Å². The van der Waals surface area contributed by atoms with E-state index in [0.717, 1.165) is 29.7 Å². The molecule has 1 heterocycles. The maximum atomic E-state index is 12.9. The van der Waals surface area contributed by atoms with Crippen LogP contribution in [-0.2, 0) is 22.2 Å². The Balaban J connectivity index is 1.76. The van der Waals surface area contributed by atoms with Crippen LogP contribution < -0.4 is 5.32 Å². The van der Waals surface area contributed by atoms with Crippen molar-refractivity contribution in [3.8, 4) is 0 Å². The molecule has 1 aliphatic carbocycles. The number of hydrogen-bond donors (Lipinski definition) is 2. The summed E-state index contributed by atoms with van der Waals surface area (Å²) in [6.45, 7) is 3.99. The Morgan fingerprint density at radius 2 is 2.13 bits per heavy atom. The molecule has 1 aromatic heterocycles. The lowest BCUT2D eigenvalue weighted by Crippen LogP contribution is -2.48. The van der Waals surface area contributed by atoms with Gasteiger partial charge in [-0.1, -0.05) is 30.3 Å². The number of fused-ring (bicyclic) bond motifs is 1. The molecule has 0 aliphatic heterocycles. The Labute approximate surface area is 141 Å². The van der Waals surface area contributed by atoms with Gasteiger partial charge in [-0.15, -0.1) is 11.3 Å². The van der Waals surface area contributed by atoms with Gasteiger partial charge in [-0.25, -0.2) is 0 Å². The van der Waals surface area contributed by atoms with Gasteiger partial charge < -0.3 is 10.4 Å². The number of aliphatic hydroxyl groups is 1. The number of carbonyl (C=O) groups excluding carboxylic acids is 1. The molecule has 23 heavy (non-hydrogen) atoms. The minimum atomic E-state index is -1.03. The van der Waals surface area contributed by atoms with Gasteiger partial charge in [0.25, 0.3) is 0 Å². The van der Waals surface area contributed by atoms with E-state index < -0.39 is 11.0 Å². The lowest BCUT2D eigenvalue weighted by Gasteiger charge is -2.35. The third kappa shape index (κ3) is 3.06. The Morgan fingerprint density at radius 1 is 1.35 bits per heavy atom. The van der Waals surface area contributed by atoms with Crippen LogP contribution in [0.5, 0.6) is 0 Å². The second kappa shape index (κ2) is 6.10. The first-order valence-corrected chi connectivity index (χ1v) is 8.94. The number of benzene rings is 1. The lowest BCUT2D eigenvalue weighted by molar-refractivity contribution is -0.128. The molecule has 3 nitrogen and oxygen atoms in total. The first-order chi connectivity index (χ1) is 10.9. The van der Waals surface area contributed by atoms with Crippen LogP contribution in [0.1, 0.15) is 42.7 Å². The summed E-state index contributed by atoms with van der Waals surface area (Å²) >= 11 is 1.50. The third-order valence-corrected chi connectivity index (χ3v) is 6.00. The van der Waals surface area contributed by atoms with Crippen LogP contribution in [0.25, 0.3) is 0 Å². The summed E-state index contributed by atoms with van der Waals surface area (Å²) in [5.74, 6) is 0.00137. The molecule has 2 unspecified atom stereocenters. The van der Waals surface area contributed by atoms with E-state index in [2.05, 4.69) is 17.4 Å². The van der Waals surface area contributed by atoms with Gasteiger partial charge in [-0.3, -0.25) is 4.79 Å². The Kier molecular flexibility index (Phi) is 4.30. The highest BCUT2D eigenvalue weighted by Gasteiger charge is 2.39. The van der Waals surface area contributed by atoms with Crippen molar-refractivity contribution in [2.24, 2.45) is 0 Å². The first kappa shape index (κ1) is 16.2. The average molecular weight is 329 g/mol. The van der Waals surface area contributed by atoms with Crippen LogP contribution in [-0.4, -0.2) is 17.6 Å². The minimum Gasteiger partial charge on any atom is -0.383 e. The number of aryl methyl sites for hydroxylation is 1. The van der Waals surface area contributed by atoms with E-state index >= 15 is 0 Å². The second-order valence-electron chi connectivity index (χ2n) is 6.78. The van der Waals surface area contributed by atoms with Crippen LogP contribution in [0.2, 0.25) is 0 Å². The summed E-state index contributed by atoms with van der Waals surface area (Å²) in [7, 11) is 0. The smallest absolute Gasteiger partial charge is 0.230 e. The Hall–Kier alpha value is -1.65. The molecule has 2 atom stereocenters. The van der Waals surface area contributed by atoms with Crippen molar-refractivity contribution in [1.29, 1.82) is 0 Å². The van der Waals surface area contributed by atoms with Crippen molar-refractivity contribution in [2.45, 2.75) is 44.1 Å².